The van der Waals surface area contributed by atoms with E-state index in [4.69, 9.17) is 5.11 Å². The molecule has 2 atom stereocenters. The largest absolute Gasteiger partial charge is 0.481 e. The van der Waals surface area contributed by atoms with Crippen molar-refractivity contribution in [2.24, 2.45) is 17.8 Å². The molecular formula is C17H30N2O3. The maximum atomic E-state index is 12.0. The molecule has 3 N–H and O–H groups in total. The lowest BCUT2D eigenvalue weighted by atomic mass is 9.78. The summed E-state index contributed by atoms with van der Waals surface area (Å²) in [6, 6.07) is 0.0446. The molecule has 2 unspecified atom stereocenters. The van der Waals surface area contributed by atoms with Crippen LogP contribution in [-0.2, 0) is 4.79 Å². The molecule has 0 bridgehead atoms. The Hall–Kier alpha value is -1.26. The van der Waals surface area contributed by atoms with Gasteiger partial charge in [0.05, 0.1) is 5.92 Å². The van der Waals surface area contributed by atoms with Gasteiger partial charge in [-0.25, -0.2) is 4.79 Å². The number of carbonyl (C=O) groups excluding carboxylic acids is 1. The van der Waals surface area contributed by atoms with Crippen molar-refractivity contribution >= 4 is 12.0 Å². The van der Waals surface area contributed by atoms with Gasteiger partial charge in [-0.05, 0) is 43.9 Å². The molecule has 2 fully saturated rings. The molecule has 0 aliphatic heterocycles. The minimum absolute atomic E-state index is 0.0841. The van der Waals surface area contributed by atoms with Crippen molar-refractivity contribution in [2.45, 2.75) is 70.8 Å². The van der Waals surface area contributed by atoms with Crippen molar-refractivity contribution in [1.82, 2.24) is 10.6 Å². The first-order chi connectivity index (χ1) is 10.6. The lowest BCUT2D eigenvalue weighted by Crippen LogP contribution is -2.46. The number of rotatable bonds is 5. The third kappa shape index (κ3) is 4.89. The average molecular weight is 310 g/mol. The highest BCUT2D eigenvalue weighted by Crippen LogP contribution is 2.31. The van der Waals surface area contributed by atoms with Gasteiger partial charge in [-0.1, -0.05) is 32.6 Å². The molecule has 2 aliphatic carbocycles. The highest BCUT2D eigenvalue weighted by atomic mass is 16.4. The Labute approximate surface area is 133 Å². The van der Waals surface area contributed by atoms with Crippen LogP contribution in [0, 0.1) is 17.8 Å². The number of aliphatic carboxylic acids is 1. The number of hydrogen-bond donors (Lipinski definition) is 3. The number of carbonyl (C=O) groups is 2. The molecule has 5 nitrogen and oxygen atoms in total. The smallest absolute Gasteiger partial charge is 0.315 e. The minimum atomic E-state index is -0.703. The van der Waals surface area contributed by atoms with Gasteiger partial charge in [-0.3, -0.25) is 4.79 Å². The summed E-state index contributed by atoms with van der Waals surface area (Å²) in [7, 11) is 0. The quantitative estimate of drug-likeness (QED) is 0.730. The fourth-order valence-corrected chi connectivity index (χ4v) is 4.04. The molecule has 2 aliphatic rings. The van der Waals surface area contributed by atoms with Crippen LogP contribution < -0.4 is 10.6 Å². The first-order valence-corrected chi connectivity index (χ1v) is 8.87. The van der Waals surface area contributed by atoms with Crippen molar-refractivity contribution in [3.8, 4) is 0 Å². The maximum absolute atomic E-state index is 12.0. The summed E-state index contributed by atoms with van der Waals surface area (Å²) < 4.78 is 0. The number of hydrogen-bond acceptors (Lipinski definition) is 2. The van der Waals surface area contributed by atoms with Gasteiger partial charge in [-0.2, -0.15) is 0 Å². The summed E-state index contributed by atoms with van der Waals surface area (Å²) in [6.07, 6.45) is 9.20. The third-order valence-corrected chi connectivity index (χ3v) is 5.53. The van der Waals surface area contributed by atoms with E-state index in [9.17, 15) is 9.59 Å². The first kappa shape index (κ1) is 17.1. The van der Waals surface area contributed by atoms with E-state index in [-0.39, 0.29) is 18.0 Å². The van der Waals surface area contributed by atoms with Crippen molar-refractivity contribution in [1.29, 1.82) is 0 Å². The molecule has 0 radical (unpaired) electrons. The van der Waals surface area contributed by atoms with Crippen LogP contribution in [0.4, 0.5) is 4.79 Å². The summed E-state index contributed by atoms with van der Waals surface area (Å²) >= 11 is 0. The fourth-order valence-electron chi connectivity index (χ4n) is 4.04. The number of carboxylic acid groups (broad SMARTS) is 1. The summed E-state index contributed by atoms with van der Waals surface area (Å²) in [5.41, 5.74) is 0. The fraction of sp³-hybridized carbons (Fsp3) is 0.882. The van der Waals surface area contributed by atoms with Gasteiger partial charge in [-0.15, -0.1) is 0 Å². The molecular weight excluding hydrogens is 280 g/mol. The number of amides is 2. The molecule has 0 aromatic rings. The van der Waals surface area contributed by atoms with E-state index in [1.807, 2.05) is 0 Å². The zero-order chi connectivity index (χ0) is 15.9. The van der Waals surface area contributed by atoms with E-state index in [2.05, 4.69) is 17.6 Å². The van der Waals surface area contributed by atoms with Crippen LogP contribution in [0.25, 0.3) is 0 Å². The predicted molar refractivity (Wildman–Crippen MR) is 85.7 cm³/mol. The van der Waals surface area contributed by atoms with Gasteiger partial charge in [0.2, 0.25) is 0 Å². The molecule has 2 rings (SSSR count). The van der Waals surface area contributed by atoms with Crippen molar-refractivity contribution in [2.75, 3.05) is 6.54 Å². The van der Waals surface area contributed by atoms with Crippen LogP contribution in [0.15, 0.2) is 0 Å². The lowest BCUT2D eigenvalue weighted by molar-refractivity contribution is -0.142. The van der Waals surface area contributed by atoms with Crippen LogP contribution in [0.3, 0.4) is 0 Å². The SMILES string of the molecule is CCC1CCCCC1CNC(=O)NC1CCC(C(=O)O)CC1. The van der Waals surface area contributed by atoms with Crippen molar-refractivity contribution in [3.05, 3.63) is 0 Å². The summed E-state index contributed by atoms with van der Waals surface area (Å²) in [4.78, 5) is 22.9. The minimum Gasteiger partial charge on any atom is -0.481 e. The van der Waals surface area contributed by atoms with Crippen molar-refractivity contribution < 1.29 is 14.7 Å². The molecule has 22 heavy (non-hydrogen) atoms. The monoisotopic (exact) mass is 310 g/mol. The Balaban J connectivity index is 1.67. The second-order valence-corrected chi connectivity index (χ2v) is 6.95. The Bertz CT molecular complexity index is 378. The lowest BCUT2D eigenvalue weighted by Gasteiger charge is -2.31. The van der Waals surface area contributed by atoms with E-state index in [1.165, 1.54) is 32.1 Å². The van der Waals surface area contributed by atoms with Gasteiger partial charge in [0.1, 0.15) is 0 Å². The van der Waals surface area contributed by atoms with Gasteiger partial charge < -0.3 is 15.7 Å². The Kier molecular flexibility index (Phi) is 6.52. The zero-order valence-electron chi connectivity index (χ0n) is 13.6. The Morgan fingerprint density at radius 2 is 1.64 bits per heavy atom. The van der Waals surface area contributed by atoms with Gasteiger partial charge >= 0.3 is 12.0 Å². The highest BCUT2D eigenvalue weighted by molar-refractivity contribution is 5.74. The molecule has 126 valence electrons. The molecule has 2 saturated carbocycles. The average Bonchev–Trinajstić information content (AvgIpc) is 2.53. The third-order valence-electron chi connectivity index (χ3n) is 5.53. The number of urea groups is 1. The zero-order valence-corrected chi connectivity index (χ0v) is 13.6. The molecule has 2 amide bonds. The Morgan fingerprint density at radius 1 is 1.00 bits per heavy atom. The predicted octanol–water partition coefficient (Wildman–Crippen LogP) is 3.15. The maximum Gasteiger partial charge on any atom is 0.315 e. The van der Waals surface area contributed by atoms with Crippen LogP contribution >= 0.6 is 0 Å². The molecule has 0 saturated heterocycles. The molecule has 0 heterocycles. The summed E-state index contributed by atoms with van der Waals surface area (Å²) in [5.74, 6) is 0.437. The normalized spacial score (nSPS) is 32.2. The van der Waals surface area contributed by atoms with E-state index in [1.54, 1.807) is 0 Å². The van der Waals surface area contributed by atoms with E-state index < -0.39 is 5.97 Å². The van der Waals surface area contributed by atoms with Crippen molar-refractivity contribution in [3.63, 3.8) is 0 Å². The highest BCUT2D eigenvalue weighted by Gasteiger charge is 2.27. The van der Waals surface area contributed by atoms with Gasteiger partial charge in [0.15, 0.2) is 0 Å². The van der Waals surface area contributed by atoms with Crippen LogP contribution in [0.5, 0.6) is 0 Å². The molecule has 0 aromatic carbocycles. The van der Waals surface area contributed by atoms with Crippen LogP contribution in [-0.4, -0.2) is 29.7 Å². The molecule has 0 spiro atoms. The molecule has 5 heteroatoms. The second-order valence-electron chi connectivity index (χ2n) is 6.95. The Morgan fingerprint density at radius 3 is 2.23 bits per heavy atom. The second kappa shape index (κ2) is 8.39. The topological polar surface area (TPSA) is 78.4 Å². The van der Waals surface area contributed by atoms with E-state index >= 15 is 0 Å². The standard InChI is InChI=1S/C17H30N2O3/c1-2-12-5-3-4-6-14(12)11-18-17(22)19-15-9-7-13(8-10-15)16(20)21/h12-15H,2-11H2,1H3,(H,20,21)(H2,18,19,22). The summed E-state index contributed by atoms with van der Waals surface area (Å²) in [6.45, 7) is 3.01. The number of carboxylic acids is 1. The van der Waals surface area contributed by atoms with E-state index in [0.29, 0.717) is 18.8 Å². The first-order valence-electron chi connectivity index (χ1n) is 8.87. The van der Waals surface area contributed by atoms with E-state index in [0.717, 1.165) is 25.3 Å². The van der Waals surface area contributed by atoms with Crippen LogP contribution in [0.1, 0.15) is 64.7 Å². The number of nitrogens with one attached hydrogen (secondary N) is 2. The van der Waals surface area contributed by atoms with Gasteiger partial charge in [0.25, 0.3) is 0 Å². The summed E-state index contributed by atoms with van der Waals surface area (Å²) in [5, 5.41) is 15.0. The van der Waals surface area contributed by atoms with Crippen LogP contribution in [0.2, 0.25) is 0 Å². The van der Waals surface area contributed by atoms with Gasteiger partial charge in [0, 0.05) is 12.6 Å². The molecule has 0 aromatic heterocycles.